The molecule has 1 N–H and O–H groups in total. The monoisotopic (exact) mass is 356 g/mol. The normalized spacial score (nSPS) is 10.5. The van der Waals surface area contributed by atoms with Gasteiger partial charge in [0.25, 0.3) is 0 Å². The second-order valence-corrected chi connectivity index (χ2v) is 6.02. The fourth-order valence-corrected chi connectivity index (χ4v) is 2.37. The fourth-order valence-electron chi connectivity index (χ4n) is 1.96. The topological polar surface area (TPSA) is 60.9 Å². The summed E-state index contributed by atoms with van der Waals surface area (Å²) in [5, 5.41) is 8.78. The van der Waals surface area contributed by atoms with Gasteiger partial charge >= 0.3 is 12.0 Å². The van der Waals surface area contributed by atoms with Crippen molar-refractivity contribution in [2.45, 2.75) is 32.9 Å². The van der Waals surface area contributed by atoms with Gasteiger partial charge in [-0.3, -0.25) is 4.79 Å². The Balaban J connectivity index is 2.74. The third kappa shape index (κ3) is 5.38. The Hall–Kier alpha value is -1.56. The molecule has 6 heteroatoms. The maximum Gasteiger partial charge on any atom is 0.320 e. The van der Waals surface area contributed by atoms with Crippen molar-refractivity contribution in [3.63, 3.8) is 0 Å². The van der Waals surface area contributed by atoms with Crippen molar-refractivity contribution in [2.24, 2.45) is 0 Å². The molecule has 21 heavy (non-hydrogen) atoms. The van der Waals surface area contributed by atoms with Gasteiger partial charge in [0.05, 0.1) is 6.42 Å². The van der Waals surface area contributed by atoms with Gasteiger partial charge in [-0.2, -0.15) is 0 Å². The van der Waals surface area contributed by atoms with E-state index in [-0.39, 0.29) is 25.0 Å². The predicted octanol–water partition coefficient (Wildman–Crippen LogP) is 3.19. The number of benzene rings is 1. The van der Waals surface area contributed by atoms with Crippen LogP contribution >= 0.6 is 15.9 Å². The van der Waals surface area contributed by atoms with Gasteiger partial charge < -0.3 is 14.9 Å². The SMILES string of the molecule is CC(C)N(CCC(=O)O)C(=O)N(C)Cc1ccccc1Br. The van der Waals surface area contributed by atoms with E-state index in [1.54, 1.807) is 16.8 Å². The van der Waals surface area contributed by atoms with Crippen LogP contribution in [-0.2, 0) is 11.3 Å². The summed E-state index contributed by atoms with van der Waals surface area (Å²) in [4.78, 5) is 26.3. The number of carbonyl (C=O) groups excluding carboxylic acids is 1. The Kier molecular flexibility index (Phi) is 6.68. The molecule has 0 spiro atoms. The van der Waals surface area contributed by atoms with Gasteiger partial charge in [-0.15, -0.1) is 0 Å². The zero-order chi connectivity index (χ0) is 16.0. The molecule has 0 saturated carbocycles. The smallest absolute Gasteiger partial charge is 0.320 e. The summed E-state index contributed by atoms with van der Waals surface area (Å²) in [5.41, 5.74) is 1.01. The Bertz CT molecular complexity index is 505. The summed E-state index contributed by atoms with van der Waals surface area (Å²) in [6.45, 7) is 4.45. The highest BCUT2D eigenvalue weighted by Crippen LogP contribution is 2.18. The van der Waals surface area contributed by atoms with Gasteiger partial charge in [0.1, 0.15) is 0 Å². The molecule has 1 aromatic carbocycles. The number of nitrogens with zero attached hydrogens (tertiary/aromatic N) is 2. The summed E-state index contributed by atoms with van der Waals surface area (Å²) in [6, 6.07) is 7.51. The average Bonchev–Trinajstić information content (AvgIpc) is 2.40. The van der Waals surface area contributed by atoms with Crippen molar-refractivity contribution in [1.82, 2.24) is 9.80 Å². The lowest BCUT2D eigenvalue weighted by Gasteiger charge is -2.31. The molecular weight excluding hydrogens is 336 g/mol. The molecule has 0 saturated heterocycles. The molecular formula is C15H21BrN2O3. The summed E-state index contributed by atoms with van der Waals surface area (Å²) >= 11 is 3.46. The van der Waals surface area contributed by atoms with Gasteiger partial charge in [0.15, 0.2) is 0 Å². The zero-order valence-electron chi connectivity index (χ0n) is 12.5. The number of hydrogen-bond donors (Lipinski definition) is 1. The zero-order valence-corrected chi connectivity index (χ0v) is 14.1. The molecule has 0 heterocycles. The molecule has 116 valence electrons. The third-order valence-corrected chi connectivity index (χ3v) is 3.90. The van der Waals surface area contributed by atoms with Crippen LogP contribution in [0.25, 0.3) is 0 Å². The Morgan fingerprint density at radius 1 is 1.29 bits per heavy atom. The number of carboxylic acid groups (broad SMARTS) is 1. The number of carboxylic acids is 1. The summed E-state index contributed by atoms with van der Waals surface area (Å²) in [7, 11) is 1.72. The van der Waals surface area contributed by atoms with E-state index in [4.69, 9.17) is 5.11 Å². The van der Waals surface area contributed by atoms with Crippen LogP contribution in [0.5, 0.6) is 0 Å². The first-order chi connectivity index (χ1) is 9.82. The lowest BCUT2D eigenvalue weighted by Crippen LogP contribution is -2.45. The summed E-state index contributed by atoms with van der Waals surface area (Å²) < 4.78 is 0.950. The van der Waals surface area contributed by atoms with Crippen molar-refractivity contribution in [3.05, 3.63) is 34.3 Å². The first-order valence-electron chi connectivity index (χ1n) is 6.80. The first-order valence-corrected chi connectivity index (χ1v) is 7.59. The van der Waals surface area contributed by atoms with E-state index in [9.17, 15) is 9.59 Å². The van der Waals surface area contributed by atoms with Gasteiger partial charge in [-0.1, -0.05) is 34.1 Å². The molecule has 0 aliphatic rings. The lowest BCUT2D eigenvalue weighted by atomic mass is 10.2. The number of urea groups is 1. The minimum absolute atomic E-state index is 0.0430. The molecule has 0 unspecified atom stereocenters. The van der Waals surface area contributed by atoms with Crippen LogP contribution in [0.15, 0.2) is 28.7 Å². The predicted molar refractivity (Wildman–Crippen MR) is 85.1 cm³/mol. The highest BCUT2D eigenvalue weighted by Gasteiger charge is 2.21. The Morgan fingerprint density at radius 3 is 2.43 bits per heavy atom. The minimum Gasteiger partial charge on any atom is -0.481 e. The molecule has 1 rings (SSSR count). The van der Waals surface area contributed by atoms with E-state index < -0.39 is 5.97 Å². The van der Waals surface area contributed by atoms with Crippen LogP contribution in [0.2, 0.25) is 0 Å². The molecule has 0 atom stereocenters. The van der Waals surface area contributed by atoms with Gasteiger partial charge in [0, 0.05) is 30.7 Å². The molecule has 1 aromatic rings. The minimum atomic E-state index is -0.901. The number of hydrogen-bond acceptors (Lipinski definition) is 2. The lowest BCUT2D eigenvalue weighted by molar-refractivity contribution is -0.137. The van der Waals surface area contributed by atoms with E-state index in [2.05, 4.69) is 15.9 Å². The van der Waals surface area contributed by atoms with Crippen LogP contribution in [0, 0.1) is 0 Å². The third-order valence-electron chi connectivity index (χ3n) is 3.13. The number of carbonyl (C=O) groups is 2. The fraction of sp³-hybridized carbons (Fsp3) is 0.467. The van der Waals surface area contributed by atoms with Crippen molar-refractivity contribution in [2.75, 3.05) is 13.6 Å². The van der Waals surface area contributed by atoms with E-state index in [1.165, 1.54) is 0 Å². The van der Waals surface area contributed by atoms with Crippen molar-refractivity contribution in [1.29, 1.82) is 0 Å². The maximum absolute atomic E-state index is 12.5. The molecule has 0 aliphatic heterocycles. The molecule has 5 nitrogen and oxygen atoms in total. The summed E-state index contributed by atoms with van der Waals surface area (Å²) in [5.74, 6) is -0.901. The van der Waals surface area contributed by atoms with Gasteiger partial charge in [0.2, 0.25) is 0 Å². The van der Waals surface area contributed by atoms with Crippen LogP contribution < -0.4 is 0 Å². The Morgan fingerprint density at radius 2 is 1.90 bits per heavy atom. The van der Waals surface area contributed by atoms with Crippen LogP contribution in [0.3, 0.4) is 0 Å². The Labute approximate surface area is 133 Å². The molecule has 0 bridgehead atoms. The highest BCUT2D eigenvalue weighted by atomic mass is 79.9. The number of rotatable bonds is 6. The molecule has 2 amide bonds. The molecule has 0 radical (unpaired) electrons. The molecule has 0 aliphatic carbocycles. The van der Waals surface area contributed by atoms with E-state index in [0.717, 1.165) is 10.0 Å². The number of amides is 2. The van der Waals surface area contributed by atoms with Crippen molar-refractivity contribution < 1.29 is 14.7 Å². The first kappa shape index (κ1) is 17.5. The standard InChI is InChI=1S/C15H21BrN2O3/c1-11(2)18(9-8-14(19)20)15(21)17(3)10-12-6-4-5-7-13(12)16/h4-7,11H,8-10H2,1-3H3,(H,19,20). The molecule has 0 fully saturated rings. The van der Waals surface area contributed by atoms with Crippen LogP contribution in [-0.4, -0.2) is 46.5 Å². The van der Waals surface area contributed by atoms with E-state index in [0.29, 0.717) is 6.54 Å². The maximum atomic E-state index is 12.5. The van der Waals surface area contributed by atoms with Crippen molar-refractivity contribution in [3.8, 4) is 0 Å². The van der Waals surface area contributed by atoms with Crippen LogP contribution in [0.1, 0.15) is 25.8 Å². The van der Waals surface area contributed by atoms with E-state index >= 15 is 0 Å². The second kappa shape index (κ2) is 8.02. The van der Waals surface area contributed by atoms with Gasteiger partial charge in [-0.05, 0) is 25.5 Å². The largest absolute Gasteiger partial charge is 0.481 e. The number of aliphatic carboxylic acids is 1. The van der Waals surface area contributed by atoms with Crippen molar-refractivity contribution >= 4 is 27.9 Å². The second-order valence-electron chi connectivity index (χ2n) is 5.16. The summed E-state index contributed by atoms with van der Waals surface area (Å²) in [6.07, 6.45) is -0.0488. The van der Waals surface area contributed by atoms with Gasteiger partial charge in [-0.25, -0.2) is 4.79 Å². The average molecular weight is 357 g/mol. The number of halogens is 1. The van der Waals surface area contributed by atoms with Crippen LogP contribution in [0.4, 0.5) is 4.79 Å². The quantitative estimate of drug-likeness (QED) is 0.851. The highest BCUT2D eigenvalue weighted by molar-refractivity contribution is 9.10. The molecule has 0 aromatic heterocycles. The van der Waals surface area contributed by atoms with E-state index in [1.807, 2.05) is 38.1 Å².